The number of nitrogens with two attached hydrogens (primary N) is 1. The predicted molar refractivity (Wildman–Crippen MR) is 70.7 cm³/mol. The minimum absolute atomic E-state index is 0.457. The molecule has 0 fully saturated rings. The van der Waals surface area contributed by atoms with E-state index in [2.05, 4.69) is 15.6 Å². The van der Waals surface area contributed by atoms with Gasteiger partial charge in [0.05, 0.1) is 15.2 Å². The number of benzene rings is 1. The first-order valence-corrected chi connectivity index (χ1v) is 6.18. The van der Waals surface area contributed by atoms with Gasteiger partial charge in [-0.2, -0.15) is 0 Å². The zero-order chi connectivity index (χ0) is 12.3. The summed E-state index contributed by atoms with van der Waals surface area (Å²) in [5, 5.41) is 7.06. The minimum Gasteiger partial charge on any atom is -0.360 e. The van der Waals surface area contributed by atoms with Crippen LogP contribution in [-0.4, -0.2) is 24.1 Å². The van der Waals surface area contributed by atoms with Crippen molar-refractivity contribution in [3.8, 4) is 0 Å². The van der Waals surface area contributed by atoms with E-state index < -0.39 is 6.03 Å². The predicted octanol–water partition coefficient (Wildman–Crippen LogP) is 2.03. The number of carbonyl (C=O) groups excluding carboxylic acids is 1. The second kappa shape index (κ2) is 5.20. The fourth-order valence-corrected chi connectivity index (χ4v) is 2.53. The lowest BCUT2D eigenvalue weighted by Crippen LogP contribution is -2.33. The molecule has 0 atom stereocenters. The van der Waals surface area contributed by atoms with Gasteiger partial charge in [-0.1, -0.05) is 29.0 Å². The Hall–Kier alpha value is -1.53. The van der Waals surface area contributed by atoms with E-state index in [1.54, 1.807) is 0 Å². The van der Waals surface area contributed by atoms with Crippen LogP contribution in [0.1, 0.15) is 0 Å². The summed E-state index contributed by atoms with van der Waals surface area (Å²) in [5.41, 5.74) is 5.81. The molecule has 5 nitrogen and oxygen atoms in total. The van der Waals surface area contributed by atoms with E-state index in [1.165, 1.54) is 11.3 Å². The second-order valence-electron chi connectivity index (χ2n) is 3.32. The lowest BCUT2D eigenvalue weighted by atomic mass is 10.3. The standard InChI is InChI=1S/C10H11ClN4OS/c11-6-2-1-3-7-8(6)17-10(15-7)14-5-4-13-9(12)16/h1-3H,4-5H2,(H,14,15)(H3,12,13,16). The zero-order valence-corrected chi connectivity index (χ0v) is 10.4. The summed E-state index contributed by atoms with van der Waals surface area (Å²) in [5.74, 6) is 0. The van der Waals surface area contributed by atoms with Gasteiger partial charge >= 0.3 is 6.03 Å². The van der Waals surface area contributed by atoms with Crippen LogP contribution < -0.4 is 16.4 Å². The summed E-state index contributed by atoms with van der Waals surface area (Å²) < 4.78 is 0.958. The van der Waals surface area contributed by atoms with Gasteiger partial charge in [-0.15, -0.1) is 0 Å². The van der Waals surface area contributed by atoms with E-state index in [1.807, 2.05) is 18.2 Å². The Morgan fingerprint density at radius 1 is 1.47 bits per heavy atom. The molecule has 0 saturated heterocycles. The fraction of sp³-hybridized carbons (Fsp3) is 0.200. The molecule has 2 amide bonds. The molecule has 0 radical (unpaired) electrons. The number of fused-ring (bicyclic) bond motifs is 1. The highest BCUT2D eigenvalue weighted by Crippen LogP contribution is 2.31. The number of carbonyl (C=O) groups is 1. The number of hydrogen-bond donors (Lipinski definition) is 3. The van der Waals surface area contributed by atoms with Crippen molar-refractivity contribution in [2.75, 3.05) is 18.4 Å². The van der Waals surface area contributed by atoms with Gasteiger partial charge in [-0.3, -0.25) is 0 Å². The van der Waals surface area contributed by atoms with Gasteiger partial charge in [0.1, 0.15) is 0 Å². The van der Waals surface area contributed by atoms with Gasteiger partial charge in [0.2, 0.25) is 0 Å². The van der Waals surface area contributed by atoms with Crippen molar-refractivity contribution in [2.24, 2.45) is 5.73 Å². The van der Waals surface area contributed by atoms with Gasteiger partial charge < -0.3 is 16.4 Å². The van der Waals surface area contributed by atoms with E-state index in [-0.39, 0.29) is 0 Å². The molecule has 2 aromatic rings. The highest BCUT2D eigenvalue weighted by molar-refractivity contribution is 7.22. The molecular weight excluding hydrogens is 260 g/mol. The third-order valence-corrected chi connectivity index (χ3v) is 3.56. The Balaban J connectivity index is 2.00. The Kier molecular flexibility index (Phi) is 3.65. The number of urea groups is 1. The largest absolute Gasteiger partial charge is 0.360 e. The minimum atomic E-state index is -0.529. The van der Waals surface area contributed by atoms with Crippen LogP contribution in [0.15, 0.2) is 18.2 Å². The maximum absolute atomic E-state index is 10.4. The molecule has 0 unspecified atom stereocenters. The van der Waals surface area contributed by atoms with Crippen LogP contribution in [0.5, 0.6) is 0 Å². The molecule has 0 aliphatic heterocycles. The number of nitrogens with one attached hydrogen (secondary N) is 2. The van der Waals surface area contributed by atoms with Gasteiger partial charge in [0.15, 0.2) is 5.13 Å². The maximum Gasteiger partial charge on any atom is 0.312 e. The average molecular weight is 271 g/mol. The summed E-state index contributed by atoms with van der Waals surface area (Å²) in [6.45, 7) is 1.03. The van der Waals surface area contributed by atoms with E-state index in [0.29, 0.717) is 18.1 Å². The normalized spacial score (nSPS) is 10.4. The van der Waals surface area contributed by atoms with E-state index in [4.69, 9.17) is 17.3 Å². The average Bonchev–Trinajstić information content (AvgIpc) is 2.69. The molecule has 2 rings (SSSR count). The van der Waals surface area contributed by atoms with E-state index >= 15 is 0 Å². The Morgan fingerprint density at radius 2 is 2.29 bits per heavy atom. The highest BCUT2D eigenvalue weighted by atomic mass is 35.5. The third kappa shape index (κ3) is 2.98. The number of amides is 2. The summed E-state index contributed by atoms with van der Waals surface area (Å²) in [7, 11) is 0. The molecule has 0 saturated carbocycles. The van der Waals surface area contributed by atoms with Crippen LogP contribution in [0, 0.1) is 0 Å². The van der Waals surface area contributed by atoms with E-state index in [0.717, 1.165) is 15.3 Å². The summed E-state index contributed by atoms with van der Waals surface area (Å²) in [6.07, 6.45) is 0. The zero-order valence-electron chi connectivity index (χ0n) is 8.87. The highest BCUT2D eigenvalue weighted by Gasteiger charge is 2.05. The van der Waals surface area contributed by atoms with Gasteiger partial charge in [-0.05, 0) is 12.1 Å². The first kappa shape index (κ1) is 11.9. The van der Waals surface area contributed by atoms with E-state index in [9.17, 15) is 4.79 Å². The number of thiazole rings is 1. The van der Waals surface area contributed by atoms with Crippen molar-refractivity contribution in [1.29, 1.82) is 0 Å². The Morgan fingerprint density at radius 3 is 3.00 bits per heavy atom. The van der Waals surface area contributed by atoms with Crippen molar-refractivity contribution in [3.63, 3.8) is 0 Å². The number of anilines is 1. The monoisotopic (exact) mass is 270 g/mol. The van der Waals surface area contributed by atoms with Crippen LogP contribution >= 0.6 is 22.9 Å². The number of aromatic nitrogens is 1. The van der Waals surface area contributed by atoms with Crippen molar-refractivity contribution in [1.82, 2.24) is 10.3 Å². The van der Waals surface area contributed by atoms with Gasteiger partial charge in [0, 0.05) is 13.1 Å². The number of primary amides is 1. The van der Waals surface area contributed by atoms with Crippen LogP contribution in [-0.2, 0) is 0 Å². The Labute approximate surface area is 107 Å². The smallest absolute Gasteiger partial charge is 0.312 e. The van der Waals surface area contributed by atoms with Gasteiger partial charge in [-0.25, -0.2) is 9.78 Å². The molecule has 0 spiro atoms. The quantitative estimate of drug-likeness (QED) is 0.744. The van der Waals surface area contributed by atoms with Crippen LogP contribution in [0.3, 0.4) is 0 Å². The maximum atomic E-state index is 10.4. The van der Waals surface area contributed by atoms with Crippen LogP contribution in [0.25, 0.3) is 10.2 Å². The summed E-state index contributed by atoms with van der Waals surface area (Å²) in [4.78, 5) is 14.8. The number of nitrogens with zero attached hydrogens (tertiary/aromatic N) is 1. The number of rotatable bonds is 4. The molecule has 0 aliphatic rings. The molecule has 17 heavy (non-hydrogen) atoms. The van der Waals surface area contributed by atoms with Crippen molar-refractivity contribution in [3.05, 3.63) is 23.2 Å². The lowest BCUT2D eigenvalue weighted by molar-refractivity contribution is 0.249. The van der Waals surface area contributed by atoms with Gasteiger partial charge in [0.25, 0.3) is 0 Å². The first-order chi connectivity index (χ1) is 8.16. The number of hydrogen-bond acceptors (Lipinski definition) is 4. The molecule has 7 heteroatoms. The Bertz CT molecular complexity index is 542. The summed E-state index contributed by atoms with van der Waals surface area (Å²) in [6, 6.07) is 5.08. The van der Waals surface area contributed by atoms with Crippen LogP contribution in [0.4, 0.5) is 9.93 Å². The number of halogens is 1. The summed E-state index contributed by atoms with van der Waals surface area (Å²) >= 11 is 7.53. The van der Waals surface area contributed by atoms with Crippen molar-refractivity contribution in [2.45, 2.75) is 0 Å². The van der Waals surface area contributed by atoms with Crippen molar-refractivity contribution >= 4 is 44.3 Å². The molecule has 90 valence electrons. The third-order valence-electron chi connectivity index (χ3n) is 2.07. The topological polar surface area (TPSA) is 80.0 Å². The van der Waals surface area contributed by atoms with Crippen molar-refractivity contribution < 1.29 is 4.79 Å². The molecule has 0 aliphatic carbocycles. The molecular formula is C10H11ClN4OS. The molecule has 1 aromatic heterocycles. The van der Waals surface area contributed by atoms with Crippen LogP contribution in [0.2, 0.25) is 5.02 Å². The second-order valence-corrected chi connectivity index (χ2v) is 4.73. The fourth-order valence-electron chi connectivity index (χ4n) is 1.35. The SMILES string of the molecule is NC(=O)NCCNc1nc2cccc(Cl)c2s1. The molecule has 1 aromatic carbocycles. The molecule has 1 heterocycles. The molecule has 0 bridgehead atoms. The lowest BCUT2D eigenvalue weighted by Gasteiger charge is -2.01. The molecule has 4 N–H and O–H groups in total. The first-order valence-electron chi connectivity index (χ1n) is 4.99.